The molecule has 0 unspecified atom stereocenters. The van der Waals surface area contributed by atoms with Crippen LogP contribution in [0.3, 0.4) is 0 Å². The zero-order valence-electron chi connectivity index (χ0n) is 22.4. The molecule has 4 aromatic rings. The van der Waals surface area contributed by atoms with Crippen LogP contribution in [0.4, 0.5) is 5.69 Å². The van der Waals surface area contributed by atoms with Gasteiger partial charge in [0.05, 0.1) is 0 Å². The summed E-state index contributed by atoms with van der Waals surface area (Å²) in [6.45, 7) is 22.4. The standard InChI is InChI=1S/C31H39NO2/c1-15(2)19-11-20(16(3)4)24-13-22(18(7)8)29-28-25(21(17(5)6)12-23(19)27(24)28)14-26-30(29)32(33)34-31(26,9)10/h11-18,33H,1-10H3. The van der Waals surface area contributed by atoms with E-state index in [0.717, 1.165) is 21.9 Å². The van der Waals surface area contributed by atoms with Gasteiger partial charge in [-0.05, 0) is 99.5 Å². The first-order chi connectivity index (χ1) is 15.8. The topological polar surface area (TPSA) is 32.7 Å². The van der Waals surface area contributed by atoms with Gasteiger partial charge in [-0.3, -0.25) is 5.21 Å². The van der Waals surface area contributed by atoms with Gasteiger partial charge in [-0.1, -0.05) is 61.5 Å². The molecule has 1 aliphatic heterocycles. The predicted octanol–water partition coefficient (Wildman–Crippen LogP) is 9.45. The largest absolute Gasteiger partial charge is 0.264 e. The number of hydrogen-bond donors (Lipinski definition) is 1. The molecular formula is C31H39NO2. The second kappa shape index (κ2) is 7.57. The normalized spacial score (nSPS) is 16.0. The molecule has 3 nitrogen and oxygen atoms in total. The average molecular weight is 458 g/mol. The monoisotopic (exact) mass is 457 g/mol. The van der Waals surface area contributed by atoms with Crippen molar-refractivity contribution in [3.05, 3.63) is 52.1 Å². The molecule has 1 heterocycles. The van der Waals surface area contributed by atoms with Crippen molar-refractivity contribution < 1.29 is 10.0 Å². The highest BCUT2D eigenvalue weighted by atomic mass is 16.9. The molecule has 0 saturated carbocycles. The van der Waals surface area contributed by atoms with E-state index in [2.05, 4.69) is 79.7 Å². The quantitative estimate of drug-likeness (QED) is 0.310. The first-order valence-electron chi connectivity index (χ1n) is 12.9. The lowest BCUT2D eigenvalue weighted by Gasteiger charge is -2.27. The van der Waals surface area contributed by atoms with Gasteiger partial charge in [0.15, 0.2) is 0 Å². The van der Waals surface area contributed by atoms with E-state index in [0.29, 0.717) is 23.7 Å². The van der Waals surface area contributed by atoms with Crippen LogP contribution in [-0.4, -0.2) is 5.21 Å². The van der Waals surface area contributed by atoms with E-state index in [1.54, 1.807) is 0 Å². The number of rotatable bonds is 4. The van der Waals surface area contributed by atoms with Crippen molar-refractivity contribution >= 4 is 38.0 Å². The third-order valence-corrected chi connectivity index (χ3v) is 7.86. The summed E-state index contributed by atoms with van der Waals surface area (Å²) in [7, 11) is 0. The molecule has 180 valence electrons. The van der Waals surface area contributed by atoms with E-state index in [-0.39, 0.29) is 0 Å². The molecule has 0 atom stereocenters. The molecule has 3 heteroatoms. The lowest BCUT2D eigenvalue weighted by molar-refractivity contribution is -0.111. The maximum absolute atomic E-state index is 11.0. The molecule has 0 bridgehead atoms. The third-order valence-electron chi connectivity index (χ3n) is 7.86. The Morgan fingerprint density at radius 2 is 1.06 bits per heavy atom. The highest BCUT2D eigenvalue weighted by Crippen LogP contribution is 2.53. The lowest BCUT2D eigenvalue weighted by Crippen LogP contribution is -2.22. The van der Waals surface area contributed by atoms with Gasteiger partial charge in [0, 0.05) is 16.3 Å². The Morgan fingerprint density at radius 1 is 0.618 bits per heavy atom. The van der Waals surface area contributed by atoms with Gasteiger partial charge in [-0.15, -0.1) is 5.23 Å². The smallest absolute Gasteiger partial charge is 0.120 e. The first-order valence-corrected chi connectivity index (χ1v) is 12.9. The Balaban J connectivity index is 2.18. The zero-order valence-corrected chi connectivity index (χ0v) is 22.4. The van der Waals surface area contributed by atoms with Crippen LogP contribution < -0.4 is 5.23 Å². The van der Waals surface area contributed by atoms with Gasteiger partial charge in [0.2, 0.25) is 0 Å². The SMILES string of the molecule is CC(C)c1cc(C(C)C)c2cc(C(C)C)c3c4c(cc5c(C(C)C)cc1c2c53)C(C)(C)ON4O. The summed E-state index contributed by atoms with van der Waals surface area (Å²) in [6.07, 6.45) is 0. The molecule has 1 N–H and O–H groups in total. The van der Waals surface area contributed by atoms with Crippen molar-refractivity contribution in [3.8, 4) is 0 Å². The van der Waals surface area contributed by atoms with E-state index in [1.807, 2.05) is 13.8 Å². The summed E-state index contributed by atoms with van der Waals surface area (Å²) in [5.41, 5.74) is 6.74. The molecule has 0 fully saturated rings. The second-order valence-electron chi connectivity index (χ2n) is 12.0. The molecule has 0 radical (unpaired) electrons. The molecule has 1 aliphatic rings. The van der Waals surface area contributed by atoms with Crippen LogP contribution in [0.1, 0.15) is 121 Å². The lowest BCUT2D eigenvalue weighted by atomic mass is 9.77. The maximum atomic E-state index is 11.0. The summed E-state index contributed by atoms with van der Waals surface area (Å²) in [4.78, 5) is 5.98. The van der Waals surface area contributed by atoms with Crippen LogP contribution in [0.2, 0.25) is 0 Å². The summed E-state index contributed by atoms with van der Waals surface area (Å²) in [5.74, 6) is 1.54. The summed E-state index contributed by atoms with van der Waals surface area (Å²) < 4.78 is 0. The Morgan fingerprint density at radius 3 is 1.56 bits per heavy atom. The minimum absolute atomic E-state index is 0.308. The van der Waals surface area contributed by atoms with Gasteiger partial charge in [0.1, 0.15) is 11.3 Å². The summed E-state index contributed by atoms with van der Waals surface area (Å²) >= 11 is 0. The number of benzene rings is 4. The molecule has 0 aromatic heterocycles. The Bertz CT molecular complexity index is 1400. The molecule has 0 saturated heterocycles. The van der Waals surface area contributed by atoms with Crippen LogP contribution in [0.25, 0.3) is 32.3 Å². The maximum Gasteiger partial charge on any atom is 0.120 e. The van der Waals surface area contributed by atoms with E-state index < -0.39 is 5.60 Å². The minimum atomic E-state index is -0.594. The molecule has 34 heavy (non-hydrogen) atoms. The Hall–Kier alpha value is -2.36. The Labute approximate surface area is 203 Å². The summed E-state index contributed by atoms with van der Waals surface area (Å²) in [6, 6.07) is 9.61. The minimum Gasteiger partial charge on any atom is -0.264 e. The zero-order chi connectivity index (χ0) is 24.9. The van der Waals surface area contributed by atoms with Gasteiger partial charge in [0.25, 0.3) is 0 Å². The van der Waals surface area contributed by atoms with Crippen LogP contribution in [0, 0.1) is 0 Å². The molecule has 5 rings (SSSR count). The van der Waals surface area contributed by atoms with E-state index in [9.17, 15) is 5.21 Å². The third kappa shape index (κ3) is 3.09. The van der Waals surface area contributed by atoms with E-state index >= 15 is 0 Å². The number of hydrogen-bond acceptors (Lipinski definition) is 3. The first kappa shape index (κ1) is 23.4. The van der Waals surface area contributed by atoms with Gasteiger partial charge in [-0.25, -0.2) is 4.84 Å². The Kier molecular flexibility index (Phi) is 5.21. The fraction of sp³-hybridized carbons (Fsp3) is 0.484. The van der Waals surface area contributed by atoms with E-state index in [4.69, 9.17) is 4.84 Å². The van der Waals surface area contributed by atoms with Gasteiger partial charge >= 0.3 is 0 Å². The van der Waals surface area contributed by atoms with Gasteiger partial charge in [-0.2, -0.15) is 0 Å². The average Bonchev–Trinajstić information content (AvgIpc) is 2.97. The van der Waals surface area contributed by atoms with Crippen molar-refractivity contribution in [2.75, 3.05) is 5.23 Å². The van der Waals surface area contributed by atoms with Crippen molar-refractivity contribution in [1.29, 1.82) is 0 Å². The van der Waals surface area contributed by atoms with Crippen LogP contribution in [-0.2, 0) is 10.4 Å². The van der Waals surface area contributed by atoms with Crippen LogP contribution in [0.15, 0.2) is 24.3 Å². The highest BCUT2D eigenvalue weighted by Gasteiger charge is 2.40. The molecule has 0 amide bonds. The fourth-order valence-corrected chi connectivity index (χ4v) is 6.10. The molecule has 0 spiro atoms. The van der Waals surface area contributed by atoms with Crippen LogP contribution in [0.5, 0.6) is 0 Å². The van der Waals surface area contributed by atoms with E-state index in [1.165, 1.54) is 49.2 Å². The predicted molar refractivity (Wildman–Crippen MR) is 145 cm³/mol. The number of anilines is 1. The van der Waals surface area contributed by atoms with Gasteiger partial charge < -0.3 is 0 Å². The molecule has 0 aliphatic carbocycles. The van der Waals surface area contributed by atoms with Crippen molar-refractivity contribution in [2.24, 2.45) is 0 Å². The molecular weight excluding hydrogens is 418 g/mol. The summed E-state index contributed by atoms with van der Waals surface area (Å²) in [5, 5.41) is 19.8. The van der Waals surface area contributed by atoms with Crippen molar-refractivity contribution in [1.82, 2.24) is 0 Å². The number of nitrogens with zero attached hydrogens (tertiary/aromatic N) is 1. The number of fused-ring (bicyclic) bond motifs is 2. The second-order valence-corrected chi connectivity index (χ2v) is 12.0. The fourth-order valence-electron chi connectivity index (χ4n) is 6.10. The molecule has 4 aromatic carbocycles. The highest BCUT2D eigenvalue weighted by molar-refractivity contribution is 6.28. The van der Waals surface area contributed by atoms with Crippen molar-refractivity contribution in [3.63, 3.8) is 0 Å². The van der Waals surface area contributed by atoms with Crippen molar-refractivity contribution in [2.45, 2.75) is 98.5 Å². The van der Waals surface area contributed by atoms with Crippen LogP contribution >= 0.6 is 0 Å².